The summed E-state index contributed by atoms with van der Waals surface area (Å²) in [6.07, 6.45) is 0. The summed E-state index contributed by atoms with van der Waals surface area (Å²) < 4.78 is 0.616. The first-order valence-electron chi connectivity index (χ1n) is 5.71. The third-order valence-electron chi connectivity index (χ3n) is 2.65. The van der Waals surface area contributed by atoms with Crippen molar-refractivity contribution >= 4 is 45.1 Å². The number of phenolic OH excluding ortho intramolecular Hbond substituents is 1. The van der Waals surface area contributed by atoms with E-state index in [0.29, 0.717) is 4.47 Å². The Kier molecular flexibility index (Phi) is 4.50. The lowest BCUT2D eigenvalue weighted by Gasteiger charge is -2.10. The smallest absolute Gasteiger partial charge is 0.337 e. The fraction of sp³-hybridized carbons (Fsp3) is 0. The Hall–Kier alpha value is -2.05. The van der Waals surface area contributed by atoms with E-state index in [-0.39, 0.29) is 27.6 Å². The van der Waals surface area contributed by atoms with E-state index in [1.165, 1.54) is 30.3 Å². The minimum Gasteiger partial charge on any atom is -0.508 e. The van der Waals surface area contributed by atoms with Crippen molar-refractivity contribution < 1.29 is 19.8 Å². The van der Waals surface area contributed by atoms with E-state index in [0.717, 1.165) is 0 Å². The summed E-state index contributed by atoms with van der Waals surface area (Å²) in [5, 5.41) is 21.1. The lowest BCUT2D eigenvalue weighted by molar-refractivity contribution is 0.0698. The van der Waals surface area contributed by atoms with Gasteiger partial charge in [-0.3, -0.25) is 4.79 Å². The Morgan fingerprint density at radius 2 is 1.81 bits per heavy atom. The predicted molar refractivity (Wildman–Crippen MR) is 82.2 cm³/mol. The maximum absolute atomic E-state index is 12.2. The Balaban J connectivity index is 2.38. The van der Waals surface area contributed by atoms with Crippen molar-refractivity contribution in [2.75, 3.05) is 5.32 Å². The average molecular weight is 371 g/mol. The fourth-order valence-corrected chi connectivity index (χ4v) is 2.25. The molecule has 0 saturated carbocycles. The first-order valence-corrected chi connectivity index (χ1v) is 6.88. The molecule has 1 amide bonds. The molecule has 0 unspecified atom stereocenters. The number of carbonyl (C=O) groups excluding carboxylic acids is 1. The van der Waals surface area contributed by atoms with E-state index >= 15 is 0 Å². The number of nitrogens with one attached hydrogen (secondary N) is 1. The topological polar surface area (TPSA) is 86.6 Å². The van der Waals surface area contributed by atoms with Crippen LogP contribution in [-0.4, -0.2) is 22.1 Å². The second-order valence-electron chi connectivity index (χ2n) is 4.11. The molecule has 2 rings (SSSR count). The van der Waals surface area contributed by atoms with E-state index in [9.17, 15) is 14.7 Å². The van der Waals surface area contributed by atoms with Gasteiger partial charge >= 0.3 is 5.97 Å². The molecule has 7 heteroatoms. The molecule has 0 atom stereocenters. The number of hydrogen-bond donors (Lipinski definition) is 3. The second-order valence-corrected chi connectivity index (χ2v) is 5.44. The SMILES string of the molecule is O=C(Nc1cc(Br)ccc1C(=O)O)c1cc(O)ccc1Cl. The van der Waals surface area contributed by atoms with E-state index < -0.39 is 11.9 Å². The van der Waals surface area contributed by atoms with E-state index in [2.05, 4.69) is 21.2 Å². The Bertz CT molecular complexity index is 733. The van der Waals surface area contributed by atoms with Crippen molar-refractivity contribution in [2.24, 2.45) is 0 Å². The number of phenols is 1. The van der Waals surface area contributed by atoms with Gasteiger partial charge in [-0.1, -0.05) is 27.5 Å². The van der Waals surface area contributed by atoms with Gasteiger partial charge in [0.1, 0.15) is 5.75 Å². The molecule has 2 aromatic carbocycles. The largest absolute Gasteiger partial charge is 0.508 e. The number of amides is 1. The van der Waals surface area contributed by atoms with Crippen molar-refractivity contribution in [1.29, 1.82) is 0 Å². The van der Waals surface area contributed by atoms with Crippen LogP contribution in [0.2, 0.25) is 5.02 Å². The third-order valence-corrected chi connectivity index (χ3v) is 3.48. The van der Waals surface area contributed by atoms with Crippen LogP contribution in [0.3, 0.4) is 0 Å². The first-order chi connectivity index (χ1) is 9.88. The molecule has 0 radical (unpaired) electrons. The maximum Gasteiger partial charge on any atom is 0.337 e. The van der Waals surface area contributed by atoms with Gasteiger partial charge < -0.3 is 15.5 Å². The zero-order valence-electron chi connectivity index (χ0n) is 10.4. The standard InChI is InChI=1S/C14H9BrClNO4/c15-7-1-3-9(14(20)21)12(5-7)17-13(19)10-6-8(18)2-4-11(10)16/h1-6,18H,(H,17,19)(H,20,21). The third kappa shape index (κ3) is 3.53. The Morgan fingerprint density at radius 1 is 1.10 bits per heavy atom. The number of carboxylic acid groups (broad SMARTS) is 1. The Labute approximate surface area is 133 Å². The van der Waals surface area contributed by atoms with Crippen molar-refractivity contribution in [2.45, 2.75) is 0 Å². The summed E-state index contributed by atoms with van der Waals surface area (Å²) in [7, 11) is 0. The molecule has 2 aromatic rings. The van der Waals surface area contributed by atoms with Crippen LogP contribution in [0, 0.1) is 0 Å². The summed E-state index contributed by atoms with van der Waals surface area (Å²) in [6.45, 7) is 0. The van der Waals surface area contributed by atoms with Gasteiger partial charge in [-0.15, -0.1) is 0 Å². The number of halogens is 2. The molecular weight excluding hydrogens is 362 g/mol. The molecule has 0 aliphatic heterocycles. The highest BCUT2D eigenvalue weighted by atomic mass is 79.9. The zero-order chi connectivity index (χ0) is 15.6. The molecule has 0 aromatic heterocycles. The molecule has 0 aliphatic carbocycles. The minimum atomic E-state index is -1.17. The Morgan fingerprint density at radius 3 is 2.48 bits per heavy atom. The van der Waals surface area contributed by atoms with Gasteiger partial charge in [-0.2, -0.15) is 0 Å². The van der Waals surface area contributed by atoms with Gasteiger partial charge in [0.05, 0.1) is 21.8 Å². The number of hydrogen-bond acceptors (Lipinski definition) is 3. The highest BCUT2D eigenvalue weighted by Gasteiger charge is 2.16. The summed E-state index contributed by atoms with van der Waals surface area (Å²) in [5.74, 6) is -1.89. The van der Waals surface area contributed by atoms with Gasteiger partial charge in [-0.05, 0) is 36.4 Å². The molecule has 0 heterocycles. The number of anilines is 1. The summed E-state index contributed by atoms with van der Waals surface area (Å²) in [6, 6.07) is 8.33. The van der Waals surface area contributed by atoms with Gasteiger partial charge in [-0.25, -0.2) is 4.79 Å². The minimum absolute atomic E-state index is 0.0491. The van der Waals surface area contributed by atoms with Crippen LogP contribution in [0.15, 0.2) is 40.9 Å². The molecule has 0 fully saturated rings. The van der Waals surface area contributed by atoms with Gasteiger partial charge in [0.2, 0.25) is 0 Å². The summed E-state index contributed by atoms with van der Waals surface area (Å²) in [5.41, 5.74) is 0.122. The van der Waals surface area contributed by atoms with Gasteiger partial charge in [0, 0.05) is 4.47 Å². The molecule has 108 valence electrons. The van der Waals surface area contributed by atoms with Crippen LogP contribution in [0.1, 0.15) is 20.7 Å². The molecular formula is C14H9BrClNO4. The van der Waals surface area contributed by atoms with Gasteiger partial charge in [0.25, 0.3) is 5.91 Å². The number of carbonyl (C=O) groups is 2. The van der Waals surface area contributed by atoms with Crippen LogP contribution in [0.25, 0.3) is 0 Å². The number of rotatable bonds is 3. The highest BCUT2D eigenvalue weighted by Crippen LogP contribution is 2.25. The molecule has 0 bridgehead atoms. The molecule has 0 saturated heterocycles. The maximum atomic E-state index is 12.2. The molecule has 0 spiro atoms. The quantitative estimate of drug-likeness (QED) is 0.768. The normalized spacial score (nSPS) is 10.2. The van der Waals surface area contributed by atoms with Gasteiger partial charge in [0.15, 0.2) is 0 Å². The monoisotopic (exact) mass is 369 g/mol. The second kappa shape index (κ2) is 6.15. The molecule has 3 N–H and O–H groups in total. The van der Waals surface area contributed by atoms with Crippen molar-refractivity contribution in [3.8, 4) is 5.75 Å². The van der Waals surface area contributed by atoms with Crippen molar-refractivity contribution in [3.63, 3.8) is 0 Å². The first kappa shape index (κ1) is 15.3. The zero-order valence-corrected chi connectivity index (χ0v) is 12.8. The van der Waals surface area contributed by atoms with Crippen LogP contribution in [0.4, 0.5) is 5.69 Å². The summed E-state index contributed by atoms with van der Waals surface area (Å²) >= 11 is 9.10. The summed E-state index contributed by atoms with van der Waals surface area (Å²) in [4.78, 5) is 23.3. The average Bonchev–Trinajstić information content (AvgIpc) is 2.41. The van der Waals surface area contributed by atoms with E-state index in [1.54, 1.807) is 6.07 Å². The lowest BCUT2D eigenvalue weighted by atomic mass is 10.1. The molecule has 21 heavy (non-hydrogen) atoms. The number of benzene rings is 2. The molecule has 0 aliphatic rings. The van der Waals surface area contributed by atoms with E-state index in [4.69, 9.17) is 16.7 Å². The van der Waals surface area contributed by atoms with Crippen molar-refractivity contribution in [3.05, 3.63) is 57.0 Å². The highest BCUT2D eigenvalue weighted by molar-refractivity contribution is 9.10. The van der Waals surface area contributed by atoms with Crippen LogP contribution in [0.5, 0.6) is 5.75 Å². The predicted octanol–water partition coefficient (Wildman–Crippen LogP) is 3.76. The van der Waals surface area contributed by atoms with Crippen LogP contribution >= 0.6 is 27.5 Å². The van der Waals surface area contributed by atoms with Crippen LogP contribution in [-0.2, 0) is 0 Å². The molecule has 5 nitrogen and oxygen atoms in total. The van der Waals surface area contributed by atoms with Crippen LogP contribution < -0.4 is 5.32 Å². The van der Waals surface area contributed by atoms with E-state index in [1.807, 2.05) is 0 Å². The lowest BCUT2D eigenvalue weighted by Crippen LogP contribution is -2.15. The number of aromatic hydroxyl groups is 1. The number of aromatic carboxylic acids is 1. The fourth-order valence-electron chi connectivity index (χ4n) is 1.68. The number of carboxylic acids is 1. The van der Waals surface area contributed by atoms with Crippen molar-refractivity contribution in [1.82, 2.24) is 0 Å².